The van der Waals surface area contributed by atoms with Crippen LogP contribution in [0.1, 0.15) is 17.3 Å². The molecule has 2 N–H and O–H groups in total. The summed E-state index contributed by atoms with van der Waals surface area (Å²) in [5.41, 5.74) is 0.00204. The zero-order valence-corrected chi connectivity index (χ0v) is 10.3. The third-order valence-corrected chi connectivity index (χ3v) is 2.50. The van der Waals surface area contributed by atoms with Crippen molar-refractivity contribution in [3.8, 4) is 0 Å². The average molecular weight is 323 g/mol. The molecular weight excluding hydrogens is 312 g/mol. The molecule has 0 fully saturated rings. The first-order chi connectivity index (χ1) is 7.04. The fourth-order valence-corrected chi connectivity index (χ4v) is 1.51. The van der Waals surface area contributed by atoms with Gasteiger partial charge in [-0.05, 0) is 47.7 Å². The van der Waals surface area contributed by atoms with Crippen molar-refractivity contribution in [1.82, 2.24) is 5.32 Å². The first-order valence-corrected chi connectivity index (χ1v) is 5.49. The lowest BCUT2D eigenvalue weighted by atomic mass is 10.2. The molecule has 1 aromatic rings. The van der Waals surface area contributed by atoms with Crippen LogP contribution < -0.4 is 5.32 Å². The summed E-state index contributed by atoms with van der Waals surface area (Å²) >= 11 is 2.00. The molecule has 0 aromatic heterocycles. The van der Waals surface area contributed by atoms with Crippen LogP contribution in [-0.2, 0) is 0 Å². The summed E-state index contributed by atoms with van der Waals surface area (Å²) in [5, 5.41) is 11.2. The molecule has 0 heterocycles. The smallest absolute Gasteiger partial charge is 0.254 e. The van der Waals surface area contributed by atoms with E-state index in [-0.39, 0.29) is 18.2 Å². The van der Waals surface area contributed by atoms with E-state index in [1.54, 1.807) is 13.0 Å². The SMILES string of the molecule is C[C@H](CO)NC(=O)c1cc(I)ccc1F. The number of carbonyl (C=O) groups excluding carboxylic acids is 1. The highest BCUT2D eigenvalue weighted by Gasteiger charge is 2.13. The Morgan fingerprint density at radius 1 is 1.67 bits per heavy atom. The Balaban J connectivity index is 2.86. The summed E-state index contributed by atoms with van der Waals surface area (Å²) in [6.45, 7) is 1.47. The van der Waals surface area contributed by atoms with Gasteiger partial charge in [-0.2, -0.15) is 0 Å². The molecule has 0 aliphatic carbocycles. The summed E-state index contributed by atoms with van der Waals surface area (Å²) in [5.74, 6) is -1.06. The van der Waals surface area contributed by atoms with Crippen LogP contribution in [-0.4, -0.2) is 23.7 Å². The van der Waals surface area contributed by atoms with E-state index in [4.69, 9.17) is 5.11 Å². The Labute approximate surface area is 101 Å². The summed E-state index contributed by atoms with van der Waals surface area (Å²) in [6, 6.07) is 3.92. The second kappa shape index (κ2) is 5.41. The van der Waals surface area contributed by atoms with Crippen molar-refractivity contribution >= 4 is 28.5 Å². The van der Waals surface area contributed by atoms with Gasteiger partial charge in [0.15, 0.2) is 0 Å². The Morgan fingerprint density at radius 2 is 2.33 bits per heavy atom. The van der Waals surface area contributed by atoms with E-state index in [2.05, 4.69) is 5.32 Å². The molecule has 0 saturated carbocycles. The Kier molecular flexibility index (Phi) is 4.46. The molecule has 1 atom stereocenters. The Bertz CT molecular complexity index is 370. The predicted molar refractivity (Wildman–Crippen MR) is 63.1 cm³/mol. The Hall–Kier alpha value is -0.690. The number of halogens is 2. The van der Waals surface area contributed by atoms with Gasteiger partial charge in [0.1, 0.15) is 5.82 Å². The minimum absolute atomic E-state index is 0.00204. The number of amides is 1. The lowest BCUT2D eigenvalue weighted by Crippen LogP contribution is -2.35. The normalized spacial score (nSPS) is 12.3. The number of nitrogens with one attached hydrogen (secondary N) is 1. The molecule has 5 heteroatoms. The van der Waals surface area contributed by atoms with Crippen LogP contribution in [0.3, 0.4) is 0 Å². The van der Waals surface area contributed by atoms with Crippen molar-refractivity contribution in [2.75, 3.05) is 6.61 Å². The van der Waals surface area contributed by atoms with Crippen LogP contribution in [0.5, 0.6) is 0 Å². The highest BCUT2D eigenvalue weighted by molar-refractivity contribution is 14.1. The average Bonchev–Trinajstić information content (AvgIpc) is 2.21. The zero-order valence-electron chi connectivity index (χ0n) is 8.13. The largest absolute Gasteiger partial charge is 0.394 e. The van der Waals surface area contributed by atoms with Crippen LogP contribution in [0.2, 0.25) is 0 Å². The maximum atomic E-state index is 13.2. The third kappa shape index (κ3) is 3.42. The van der Waals surface area contributed by atoms with Crippen molar-refractivity contribution in [3.05, 3.63) is 33.1 Å². The maximum absolute atomic E-state index is 13.2. The molecule has 0 spiro atoms. The van der Waals surface area contributed by atoms with E-state index < -0.39 is 11.7 Å². The van der Waals surface area contributed by atoms with Gasteiger partial charge in [0, 0.05) is 9.61 Å². The zero-order chi connectivity index (χ0) is 11.4. The van der Waals surface area contributed by atoms with E-state index in [0.29, 0.717) is 0 Å². The van der Waals surface area contributed by atoms with E-state index in [1.165, 1.54) is 12.1 Å². The van der Waals surface area contributed by atoms with Crippen molar-refractivity contribution in [3.63, 3.8) is 0 Å². The van der Waals surface area contributed by atoms with Crippen molar-refractivity contribution in [1.29, 1.82) is 0 Å². The number of carbonyl (C=O) groups is 1. The van der Waals surface area contributed by atoms with Gasteiger partial charge < -0.3 is 10.4 Å². The fourth-order valence-electron chi connectivity index (χ4n) is 1.02. The van der Waals surface area contributed by atoms with Gasteiger partial charge in [0.25, 0.3) is 5.91 Å². The lowest BCUT2D eigenvalue weighted by Gasteiger charge is -2.11. The van der Waals surface area contributed by atoms with Crippen molar-refractivity contribution in [2.24, 2.45) is 0 Å². The van der Waals surface area contributed by atoms with E-state index in [9.17, 15) is 9.18 Å². The minimum atomic E-state index is -0.557. The lowest BCUT2D eigenvalue weighted by molar-refractivity contribution is 0.0918. The summed E-state index contributed by atoms with van der Waals surface area (Å²) in [7, 11) is 0. The van der Waals surface area contributed by atoms with Crippen LogP contribution in [0.25, 0.3) is 0 Å². The molecule has 1 aromatic carbocycles. The van der Waals surface area contributed by atoms with Crippen LogP contribution in [0.15, 0.2) is 18.2 Å². The molecule has 0 unspecified atom stereocenters. The van der Waals surface area contributed by atoms with Gasteiger partial charge in [-0.25, -0.2) is 4.39 Å². The topological polar surface area (TPSA) is 49.3 Å². The second-order valence-electron chi connectivity index (χ2n) is 3.18. The minimum Gasteiger partial charge on any atom is -0.394 e. The first kappa shape index (κ1) is 12.4. The predicted octanol–water partition coefficient (Wildman–Crippen LogP) is 1.54. The van der Waals surface area contributed by atoms with Crippen LogP contribution in [0, 0.1) is 9.39 Å². The highest BCUT2D eigenvalue weighted by Crippen LogP contribution is 2.12. The molecule has 0 radical (unpaired) electrons. The second-order valence-corrected chi connectivity index (χ2v) is 4.43. The number of hydrogen-bond donors (Lipinski definition) is 2. The summed E-state index contributed by atoms with van der Waals surface area (Å²) in [4.78, 5) is 11.5. The number of rotatable bonds is 3. The fraction of sp³-hybridized carbons (Fsp3) is 0.300. The third-order valence-electron chi connectivity index (χ3n) is 1.82. The molecule has 3 nitrogen and oxygen atoms in total. The van der Waals surface area contributed by atoms with Crippen LogP contribution in [0.4, 0.5) is 4.39 Å². The summed E-state index contributed by atoms with van der Waals surface area (Å²) in [6.07, 6.45) is 0. The van der Waals surface area contributed by atoms with E-state index >= 15 is 0 Å². The first-order valence-electron chi connectivity index (χ1n) is 4.41. The number of benzene rings is 1. The Morgan fingerprint density at radius 3 is 2.93 bits per heavy atom. The molecule has 82 valence electrons. The molecule has 0 saturated heterocycles. The monoisotopic (exact) mass is 323 g/mol. The van der Waals surface area contributed by atoms with Crippen LogP contribution >= 0.6 is 22.6 Å². The highest BCUT2D eigenvalue weighted by atomic mass is 127. The number of aliphatic hydroxyl groups is 1. The molecule has 0 aliphatic heterocycles. The standard InChI is InChI=1S/C10H11FINO2/c1-6(5-14)13-10(15)8-4-7(12)2-3-9(8)11/h2-4,6,14H,5H2,1H3,(H,13,15)/t6-/m1/s1. The van der Waals surface area contributed by atoms with Gasteiger partial charge in [0.05, 0.1) is 12.2 Å². The summed E-state index contributed by atoms with van der Waals surface area (Å²) < 4.78 is 14.0. The number of hydrogen-bond acceptors (Lipinski definition) is 2. The van der Waals surface area contributed by atoms with Crippen molar-refractivity contribution < 1.29 is 14.3 Å². The molecule has 0 bridgehead atoms. The van der Waals surface area contributed by atoms with Gasteiger partial charge in [-0.1, -0.05) is 0 Å². The molecule has 1 rings (SSSR count). The van der Waals surface area contributed by atoms with Gasteiger partial charge in [0.2, 0.25) is 0 Å². The number of aliphatic hydroxyl groups excluding tert-OH is 1. The van der Waals surface area contributed by atoms with Gasteiger partial charge >= 0.3 is 0 Å². The molecule has 1 amide bonds. The van der Waals surface area contributed by atoms with Gasteiger partial charge in [-0.15, -0.1) is 0 Å². The maximum Gasteiger partial charge on any atom is 0.254 e. The molecule has 0 aliphatic rings. The van der Waals surface area contributed by atoms with E-state index in [0.717, 1.165) is 3.57 Å². The quantitative estimate of drug-likeness (QED) is 0.829. The molecule has 15 heavy (non-hydrogen) atoms. The van der Waals surface area contributed by atoms with Gasteiger partial charge in [-0.3, -0.25) is 4.79 Å². The van der Waals surface area contributed by atoms with Crippen molar-refractivity contribution in [2.45, 2.75) is 13.0 Å². The molecular formula is C10H11FINO2. The van der Waals surface area contributed by atoms with E-state index in [1.807, 2.05) is 22.6 Å².